The van der Waals surface area contributed by atoms with E-state index >= 15 is 0 Å². The van der Waals surface area contributed by atoms with E-state index in [1.165, 1.54) is 57.2 Å². The summed E-state index contributed by atoms with van der Waals surface area (Å²) in [5.74, 6) is 0.758. The number of benzene rings is 1. The van der Waals surface area contributed by atoms with E-state index in [4.69, 9.17) is 0 Å². The summed E-state index contributed by atoms with van der Waals surface area (Å²) in [6.07, 6.45) is 8.46. The highest BCUT2D eigenvalue weighted by molar-refractivity contribution is 5.18. The molecular formula is C16H22N. The van der Waals surface area contributed by atoms with Crippen molar-refractivity contribution in [3.05, 3.63) is 35.9 Å². The maximum absolute atomic E-state index is 3.40. The van der Waals surface area contributed by atoms with Gasteiger partial charge >= 0.3 is 0 Å². The van der Waals surface area contributed by atoms with E-state index in [2.05, 4.69) is 35.2 Å². The van der Waals surface area contributed by atoms with Crippen LogP contribution in [0.15, 0.2) is 24.3 Å². The van der Waals surface area contributed by atoms with Crippen LogP contribution in [-0.2, 0) is 0 Å². The highest BCUT2D eigenvalue weighted by atomic mass is 15.2. The zero-order valence-electron chi connectivity index (χ0n) is 10.6. The van der Waals surface area contributed by atoms with Crippen molar-refractivity contribution in [2.45, 2.75) is 50.5 Å². The summed E-state index contributed by atoms with van der Waals surface area (Å²) >= 11 is 0. The first kappa shape index (κ1) is 11.3. The number of piperidine rings is 1. The van der Waals surface area contributed by atoms with Crippen LogP contribution in [0.3, 0.4) is 0 Å². The van der Waals surface area contributed by atoms with Crippen LogP contribution in [0.2, 0.25) is 0 Å². The number of likely N-dealkylation sites (tertiary alicyclic amines) is 1. The highest BCUT2D eigenvalue weighted by Crippen LogP contribution is 2.31. The van der Waals surface area contributed by atoms with Crippen LogP contribution in [0.5, 0.6) is 0 Å². The molecule has 1 aliphatic heterocycles. The summed E-state index contributed by atoms with van der Waals surface area (Å²) in [6, 6.07) is 12.8. The molecule has 3 rings (SSSR count). The lowest BCUT2D eigenvalue weighted by atomic mass is 9.89. The molecule has 0 aromatic heterocycles. The quantitative estimate of drug-likeness (QED) is 0.747. The van der Waals surface area contributed by atoms with Gasteiger partial charge in [-0.05, 0) is 56.3 Å². The Hall–Kier alpha value is -0.820. The van der Waals surface area contributed by atoms with Gasteiger partial charge in [0, 0.05) is 6.04 Å². The fourth-order valence-corrected chi connectivity index (χ4v) is 3.51. The second-order valence-corrected chi connectivity index (χ2v) is 5.57. The Morgan fingerprint density at radius 1 is 1.00 bits per heavy atom. The van der Waals surface area contributed by atoms with Gasteiger partial charge in [0.05, 0.1) is 0 Å². The summed E-state index contributed by atoms with van der Waals surface area (Å²) in [5, 5.41) is 0. The zero-order chi connectivity index (χ0) is 11.5. The average Bonchev–Trinajstić information content (AvgIpc) is 2.94. The van der Waals surface area contributed by atoms with E-state index in [-0.39, 0.29) is 0 Å². The van der Waals surface area contributed by atoms with Gasteiger partial charge in [0.25, 0.3) is 0 Å². The Morgan fingerprint density at radius 2 is 1.76 bits per heavy atom. The second-order valence-electron chi connectivity index (χ2n) is 5.57. The van der Waals surface area contributed by atoms with Crippen LogP contribution in [0.4, 0.5) is 0 Å². The molecule has 1 heteroatoms. The van der Waals surface area contributed by atoms with Gasteiger partial charge in [0.15, 0.2) is 0 Å². The van der Waals surface area contributed by atoms with Crippen molar-refractivity contribution in [3.8, 4) is 0 Å². The molecular weight excluding hydrogens is 206 g/mol. The lowest BCUT2D eigenvalue weighted by Gasteiger charge is -2.36. The second kappa shape index (κ2) is 5.22. The maximum atomic E-state index is 3.40. The molecule has 0 unspecified atom stereocenters. The van der Waals surface area contributed by atoms with E-state index in [9.17, 15) is 0 Å². The standard InChI is InChI=1S/C16H22N/c1-2-6-14(7-3-1)15-10-12-17(13-11-15)16-8-4-5-9-16/h1-3,6,15-16H,4-5,8-13H2. The monoisotopic (exact) mass is 228 g/mol. The van der Waals surface area contributed by atoms with Gasteiger partial charge in [-0.2, -0.15) is 0 Å². The van der Waals surface area contributed by atoms with Crippen molar-refractivity contribution in [1.29, 1.82) is 0 Å². The number of rotatable bonds is 2. The lowest BCUT2D eigenvalue weighted by molar-refractivity contribution is 0.154. The minimum absolute atomic E-state index is 0.758. The van der Waals surface area contributed by atoms with E-state index in [0.717, 1.165) is 12.0 Å². The summed E-state index contributed by atoms with van der Waals surface area (Å²) in [4.78, 5) is 2.74. The fourth-order valence-electron chi connectivity index (χ4n) is 3.51. The molecule has 0 atom stereocenters. The molecule has 1 heterocycles. The normalized spacial score (nSPS) is 24.2. The minimum Gasteiger partial charge on any atom is -0.300 e. The molecule has 0 spiro atoms. The Bertz CT molecular complexity index is 332. The molecule has 0 bridgehead atoms. The Morgan fingerprint density at radius 3 is 2.41 bits per heavy atom. The minimum atomic E-state index is 0.758. The summed E-state index contributed by atoms with van der Waals surface area (Å²) < 4.78 is 0. The maximum Gasteiger partial charge on any atom is 0.00952 e. The molecule has 17 heavy (non-hydrogen) atoms. The zero-order valence-corrected chi connectivity index (χ0v) is 10.6. The summed E-state index contributed by atoms with van der Waals surface area (Å²) in [6.45, 7) is 2.61. The van der Waals surface area contributed by atoms with Crippen LogP contribution in [-0.4, -0.2) is 24.0 Å². The van der Waals surface area contributed by atoms with Crippen molar-refractivity contribution >= 4 is 0 Å². The molecule has 2 aliphatic rings. The molecule has 1 aromatic carbocycles. The average molecular weight is 228 g/mol. The van der Waals surface area contributed by atoms with Crippen LogP contribution in [0.25, 0.3) is 0 Å². The van der Waals surface area contributed by atoms with Gasteiger partial charge in [0.1, 0.15) is 0 Å². The smallest absolute Gasteiger partial charge is 0.00952 e. The molecule has 1 radical (unpaired) electrons. The van der Waals surface area contributed by atoms with Crippen molar-refractivity contribution in [3.63, 3.8) is 0 Å². The highest BCUT2D eigenvalue weighted by Gasteiger charge is 2.27. The lowest BCUT2D eigenvalue weighted by Crippen LogP contribution is -2.39. The van der Waals surface area contributed by atoms with Crippen LogP contribution >= 0.6 is 0 Å². The topological polar surface area (TPSA) is 3.24 Å². The molecule has 2 fully saturated rings. The van der Waals surface area contributed by atoms with Crippen molar-refractivity contribution < 1.29 is 0 Å². The van der Waals surface area contributed by atoms with Gasteiger partial charge in [-0.15, -0.1) is 0 Å². The molecule has 0 amide bonds. The molecule has 1 aromatic rings. The van der Waals surface area contributed by atoms with Crippen LogP contribution < -0.4 is 0 Å². The predicted molar refractivity (Wildman–Crippen MR) is 71.1 cm³/mol. The van der Waals surface area contributed by atoms with Gasteiger partial charge in [-0.25, -0.2) is 0 Å². The first-order valence-electron chi connectivity index (χ1n) is 7.14. The number of nitrogens with zero attached hydrogens (tertiary/aromatic N) is 1. The molecule has 1 saturated carbocycles. The molecule has 91 valence electrons. The third kappa shape index (κ3) is 2.55. The molecule has 0 N–H and O–H groups in total. The van der Waals surface area contributed by atoms with Gasteiger partial charge in [-0.3, -0.25) is 0 Å². The number of hydrogen-bond acceptors (Lipinski definition) is 1. The van der Waals surface area contributed by atoms with Gasteiger partial charge < -0.3 is 4.90 Å². The van der Waals surface area contributed by atoms with E-state index in [0.29, 0.717) is 0 Å². The predicted octanol–water partition coefficient (Wildman–Crippen LogP) is 3.61. The number of hydrogen-bond donors (Lipinski definition) is 0. The molecule has 1 aliphatic carbocycles. The SMILES string of the molecule is [c]1ccccc1C1CCN(C2CCCC2)CC1. The fraction of sp³-hybridized carbons (Fsp3) is 0.625. The van der Waals surface area contributed by atoms with Crippen LogP contribution in [0.1, 0.15) is 50.0 Å². The van der Waals surface area contributed by atoms with E-state index in [1.807, 2.05) is 0 Å². The Balaban J connectivity index is 1.57. The van der Waals surface area contributed by atoms with Crippen molar-refractivity contribution in [2.75, 3.05) is 13.1 Å². The van der Waals surface area contributed by atoms with Crippen molar-refractivity contribution in [2.24, 2.45) is 0 Å². The largest absolute Gasteiger partial charge is 0.300 e. The Labute approximate surface area is 105 Å². The molecule has 1 nitrogen and oxygen atoms in total. The van der Waals surface area contributed by atoms with Gasteiger partial charge in [-0.1, -0.05) is 37.1 Å². The summed E-state index contributed by atoms with van der Waals surface area (Å²) in [5.41, 5.74) is 1.43. The first-order chi connectivity index (χ1) is 8.43. The third-order valence-electron chi connectivity index (χ3n) is 4.54. The van der Waals surface area contributed by atoms with Crippen molar-refractivity contribution in [1.82, 2.24) is 4.90 Å². The van der Waals surface area contributed by atoms with Gasteiger partial charge in [0.2, 0.25) is 0 Å². The first-order valence-corrected chi connectivity index (χ1v) is 7.14. The molecule has 1 saturated heterocycles. The van der Waals surface area contributed by atoms with Crippen LogP contribution in [0, 0.1) is 6.07 Å². The van der Waals surface area contributed by atoms with E-state index < -0.39 is 0 Å². The Kier molecular flexibility index (Phi) is 3.46. The van der Waals surface area contributed by atoms with E-state index in [1.54, 1.807) is 0 Å². The summed E-state index contributed by atoms with van der Waals surface area (Å²) in [7, 11) is 0. The third-order valence-corrected chi connectivity index (χ3v) is 4.54.